The summed E-state index contributed by atoms with van der Waals surface area (Å²) in [6, 6.07) is 18.5. The molecule has 0 saturated heterocycles. The van der Waals surface area contributed by atoms with Gasteiger partial charge in [0, 0.05) is 12.0 Å². The molecule has 0 aliphatic heterocycles. The second kappa shape index (κ2) is 7.16. The number of halogens is 1. The first kappa shape index (κ1) is 17.3. The fourth-order valence-electron chi connectivity index (χ4n) is 3.17. The van der Waals surface area contributed by atoms with Crippen LogP contribution < -0.4 is 0 Å². The lowest BCUT2D eigenvalue weighted by atomic mass is 9.92. The first-order valence-corrected chi connectivity index (χ1v) is 11.7. The Balaban J connectivity index is 1.92. The van der Waals surface area contributed by atoms with Crippen molar-refractivity contribution in [3.63, 3.8) is 0 Å². The molecule has 0 unspecified atom stereocenters. The van der Waals surface area contributed by atoms with Crippen molar-refractivity contribution in [1.29, 1.82) is 0 Å². The van der Waals surface area contributed by atoms with Gasteiger partial charge < -0.3 is 0 Å². The quantitative estimate of drug-likeness (QED) is 0.277. The molecule has 24 heavy (non-hydrogen) atoms. The minimum atomic E-state index is -0.995. The second-order valence-electron chi connectivity index (χ2n) is 6.68. The zero-order valence-corrected chi connectivity index (χ0v) is 15.8. The van der Waals surface area contributed by atoms with Crippen molar-refractivity contribution in [3.8, 4) is 0 Å². The summed E-state index contributed by atoms with van der Waals surface area (Å²) in [5.74, 6) is 1.25. The van der Waals surface area contributed by atoms with Gasteiger partial charge in [-0.2, -0.15) is 9.24 Å². The van der Waals surface area contributed by atoms with Gasteiger partial charge in [0.1, 0.15) is 0 Å². The highest BCUT2D eigenvalue weighted by Gasteiger charge is 2.15. The molecule has 0 aliphatic rings. The lowest BCUT2D eigenvalue weighted by Gasteiger charge is -2.21. The fourth-order valence-corrected chi connectivity index (χ4v) is 4.39. The average molecular weight is 359 g/mol. The van der Waals surface area contributed by atoms with Gasteiger partial charge in [-0.05, 0) is 58.7 Å². The topological polar surface area (TPSA) is 17.1 Å². The molecular weight excluding hydrogens is 336 g/mol. The zero-order chi connectivity index (χ0) is 17.2. The molecule has 0 aromatic heterocycles. The van der Waals surface area contributed by atoms with Gasteiger partial charge in [0.25, 0.3) is 0 Å². The van der Waals surface area contributed by atoms with Crippen molar-refractivity contribution < 1.29 is 4.79 Å². The van der Waals surface area contributed by atoms with Gasteiger partial charge >= 0.3 is 0 Å². The number of benzene rings is 3. The van der Waals surface area contributed by atoms with E-state index in [9.17, 15) is 4.79 Å². The van der Waals surface area contributed by atoms with Crippen LogP contribution in [0, 0.1) is 0 Å². The van der Waals surface area contributed by atoms with Crippen LogP contribution in [0.25, 0.3) is 21.5 Å². The molecule has 0 radical (unpaired) electrons. The predicted octanol–water partition coefficient (Wildman–Crippen LogP) is 6.56. The highest BCUT2D eigenvalue weighted by molar-refractivity contribution is 8.50. The third kappa shape index (κ3) is 3.93. The molecule has 1 nitrogen and oxygen atoms in total. The Morgan fingerprint density at radius 2 is 1.46 bits per heavy atom. The molecule has 0 N–H and O–H groups in total. The van der Waals surface area contributed by atoms with Gasteiger partial charge in [-0.25, -0.2) is 0 Å². The third-order valence-corrected chi connectivity index (χ3v) is 6.06. The summed E-state index contributed by atoms with van der Waals surface area (Å²) in [7, 11) is 5.33. The molecule has 0 bridgehead atoms. The highest BCUT2D eigenvalue weighted by atomic mass is 35.7. The monoisotopic (exact) mass is 358 g/mol. The molecule has 3 rings (SSSR count). The summed E-state index contributed by atoms with van der Waals surface area (Å²) in [4.78, 5) is 13.0. The van der Waals surface area contributed by atoms with E-state index in [2.05, 4.69) is 42.8 Å². The number of hydrogen-bond acceptors (Lipinski definition) is 1. The number of carbonyl (C=O) groups is 1. The first-order chi connectivity index (χ1) is 11.5. The van der Waals surface area contributed by atoms with E-state index in [0.717, 1.165) is 45.7 Å². The Morgan fingerprint density at radius 1 is 0.917 bits per heavy atom. The maximum Gasteiger partial charge on any atom is 0.164 e. The van der Waals surface area contributed by atoms with Crippen LogP contribution in [-0.4, -0.2) is 24.0 Å². The number of hydrogen-bond donors (Lipinski definition) is 0. The Labute approximate surface area is 149 Å². The SMILES string of the molecule is CS(C)(Cl)CCCCC(=O)c1c2ccccc2cc2ccccc12. The van der Waals surface area contributed by atoms with E-state index >= 15 is 0 Å². The summed E-state index contributed by atoms with van der Waals surface area (Å²) in [5, 5.41) is 4.38. The van der Waals surface area contributed by atoms with E-state index in [1.165, 1.54) is 0 Å². The molecule has 0 aliphatic carbocycles. The van der Waals surface area contributed by atoms with E-state index < -0.39 is 9.24 Å². The van der Waals surface area contributed by atoms with Gasteiger partial charge in [0.2, 0.25) is 0 Å². The Hall–Kier alpha value is -1.51. The lowest BCUT2D eigenvalue weighted by Crippen LogP contribution is -2.03. The van der Waals surface area contributed by atoms with E-state index in [-0.39, 0.29) is 5.78 Å². The van der Waals surface area contributed by atoms with Crippen molar-refractivity contribution in [2.24, 2.45) is 0 Å². The predicted molar refractivity (Wildman–Crippen MR) is 110 cm³/mol. The van der Waals surface area contributed by atoms with Gasteiger partial charge in [-0.3, -0.25) is 4.79 Å². The number of rotatable bonds is 6. The standard InChI is InChI=1S/C21H23ClOS/c1-24(2,22)14-8-7-13-20(23)21-18-11-5-3-9-16(18)15-17-10-4-6-12-19(17)21/h3-6,9-12,15H,7-8,13-14H2,1-2H3. The summed E-state index contributed by atoms with van der Waals surface area (Å²) in [6.07, 6.45) is 6.72. The third-order valence-electron chi connectivity index (χ3n) is 4.33. The molecule has 3 aromatic carbocycles. The van der Waals surface area contributed by atoms with Gasteiger partial charge in [-0.15, -0.1) is 0 Å². The molecule has 0 fully saturated rings. The molecule has 0 spiro atoms. The van der Waals surface area contributed by atoms with Gasteiger partial charge in [0.15, 0.2) is 5.78 Å². The van der Waals surface area contributed by atoms with Crippen LogP contribution in [0.5, 0.6) is 0 Å². The van der Waals surface area contributed by atoms with Crippen LogP contribution in [0.4, 0.5) is 0 Å². The van der Waals surface area contributed by atoms with Crippen LogP contribution in [-0.2, 0) is 0 Å². The fraction of sp³-hybridized carbons (Fsp3) is 0.286. The van der Waals surface area contributed by atoms with E-state index in [0.29, 0.717) is 6.42 Å². The average Bonchev–Trinajstić information content (AvgIpc) is 2.55. The van der Waals surface area contributed by atoms with Crippen molar-refractivity contribution in [2.45, 2.75) is 19.3 Å². The summed E-state index contributed by atoms with van der Waals surface area (Å²) in [6.45, 7) is 0. The summed E-state index contributed by atoms with van der Waals surface area (Å²) < 4.78 is 0. The normalized spacial score (nSPS) is 12.6. The molecule has 0 heterocycles. The highest BCUT2D eigenvalue weighted by Crippen LogP contribution is 2.46. The van der Waals surface area contributed by atoms with Gasteiger partial charge in [-0.1, -0.05) is 59.2 Å². The van der Waals surface area contributed by atoms with Crippen LogP contribution in [0.3, 0.4) is 0 Å². The lowest BCUT2D eigenvalue weighted by molar-refractivity contribution is 0.0983. The van der Waals surface area contributed by atoms with Crippen LogP contribution >= 0.6 is 19.9 Å². The van der Waals surface area contributed by atoms with E-state index in [1.54, 1.807) is 0 Å². The largest absolute Gasteiger partial charge is 0.294 e. The van der Waals surface area contributed by atoms with E-state index in [4.69, 9.17) is 10.7 Å². The zero-order valence-electron chi connectivity index (χ0n) is 14.2. The summed E-state index contributed by atoms with van der Waals surface area (Å²) in [5.41, 5.74) is 0.876. The summed E-state index contributed by atoms with van der Waals surface area (Å²) >= 11 is 0. The smallest absolute Gasteiger partial charge is 0.164 e. The number of fused-ring (bicyclic) bond motifs is 2. The number of ketones is 1. The second-order valence-corrected chi connectivity index (χ2v) is 12.4. The Kier molecular flexibility index (Phi) is 5.17. The number of unbranched alkanes of at least 4 members (excludes halogenated alkanes) is 1. The van der Waals surface area contributed by atoms with Crippen molar-refractivity contribution >= 4 is 47.3 Å². The number of Topliss-reactive ketones (excluding diaryl/α,β-unsaturated/α-hetero) is 1. The minimum absolute atomic E-state index is 0.241. The van der Waals surface area contributed by atoms with Crippen LogP contribution in [0.15, 0.2) is 54.6 Å². The molecule has 0 amide bonds. The number of carbonyl (C=O) groups excluding carboxylic acids is 1. The molecule has 0 atom stereocenters. The van der Waals surface area contributed by atoms with Crippen molar-refractivity contribution in [3.05, 3.63) is 60.2 Å². The first-order valence-electron chi connectivity index (χ1n) is 8.30. The molecular formula is C21H23ClOS. The Morgan fingerprint density at radius 3 is 2.00 bits per heavy atom. The molecule has 126 valence electrons. The van der Waals surface area contributed by atoms with Crippen molar-refractivity contribution in [2.75, 3.05) is 18.3 Å². The maximum atomic E-state index is 13.0. The minimum Gasteiger partial charge on any atom is -0.294 e. The van der Waals surface area contributed by atoms with Gasteiger partial charge in [0.05, 0.1) is 0 Å². The molecule has 0 saturated carbocycles. The molecule has 3 heteroatoms. The molecule has 3 aromatic rings. The Bertz CT molecular complexity index is 826. The van der Waals surface area contributed by atoms with Crippen molar-refractivity contribution in [1.82, 2.24) is 0 Å². The van der Waals surface area contributed by atoms with E-state index in [1.807, 2.05) is 24.3 Å². The maximum absolute atomic E-state index is 13.0. The van der Waals surface area contributed by atoms with Crippen LogP contribution in [0.2, 0.25) is 0 Å². The van der Waals surface area contributed by atoms with Crippen LogP contribution in [0.1, 0.15) is 29.6 Å².